The zero-order chi connectivity index (χ0) is 16.7. The quantitative estimate of drug-likeness (QED) is 0.839. The number of nitrogens with one attached hydrogen (secondary N) is 1. The van der Waals surface area contributed by atoms with Gasteiger partial charge in [-0.3, -0.25) is 4.79 Å². The van der Waals surface area contributed by atoms with Gasteiger partial charge in [-0.2, -0.15) is 0 Å². The summed E-state index contributed by atoms with van der Waals surface area (Å²) < 4.78 is 0. The van der Waals surface area contributed by atoms with Crippen LogP contribution in [0.2, 0.25) is 5.02 Å². The molecule has 0 aliphatic heterocycles. The van der Waals surface area contributed by atoms with Gasteiger partial charge in [-0.1, -0.05) is 54.1 Å². The van der Waals surface area contributed by atoms with Crippen LogP contribution in [0.15, 0.2) is 54.6 Å². The van der Waals surface area contributed by atoms with Gasteiger partial charge >= 0.3 is 0 Å². The summed E-state index contributed by atoms with van der Waals surface area (Å²) in [6, 6.07) is 17.5. The Labute approximate surface area is 143 Å². The van der Waals surface area contributed by atoms with Crippen LogP contribution in [0.5, 0.6) is 0 Å². The van der Waals surface area contributed by atoms with Gasteiger partial charge in [0.05, 0.1) is 12.5 Å². The summed E-state index contributed by atoms with van der Waals surface area (Å²) in [5, 5.41) is 3.85. The van der Waals surface area contributed by atoms with Crippen molar-refractivity contribution in [2.45, 2.75) is 18.9 Å². The smallest absolute Gasteiger partial charge is 0.224 e. The van der Waals surface area contributed by atoms with Crippen molar-refractivity contribution in [1.29, 1.82) is 0 Å². The molecule has 1 atom stereocenters. The molecular formula is C19H23ClN2O. The molecule has 122 valence electrons. The van der Waals surface area contributed by atoms with E-state index < -0.39 is 0 Å². The van der Waals surface area contributed by atoms with Gasteiger partial charge in [0.1, 0.15) is 0 Å². The van der Waals surface area contributed by atoms with Gasteiger partial charge in [0.25, 0.3) is 0 Å². The third-order valence-corrected chi connectivity index (χ3v) is 3.93. The zero-order valence-corrected chi connectivity index (χ0v) is 14.4. The lowest BCUT2D eigenvalue weighted by atomic mass is 10.0. The largest absolute Gasteiger partial charge is 0.349 e. The maximum Gasteiger partial charge on any atom is 0.224 e. The Kier molecular flexibility index (Phi) is 6.63. The minimum Gasteiger partial charge on any atom is -0.349 e. The van der Waals surface area contributed by atoms with Crippen LogP contribution in [-0.4, -0.2) is 31.4 Å². The maximum absolute atomic E-state index is 12.4. The summed E-state index contributed by atoms with van der Waals surface area (Å²) in [7, 11) is 4.06. The van der Waals surface area contributed by atoms with E-state index in [1.165, 1.54) is 0 Å². The predicted molar refractivity (Wildman–Crippen MR) is 95.7 cm³/mol. The molecule has 0 radical (unpaired) electrons. The van der Waals surface area contributed by atoms with Gasteiger partial charge < -0.3 is 10.2 Å². The van der Waals surface area contributed by atoms with Crippen LogP contribution >= 0.6 is 11.6 Å². The van der Waals surface area contributed by atoms with Crippen LogP contribution in [0.3, 0.4) is 0 Å². The number of nitrogens with zero attached hydrogens (tertiary/aromatic N) is 1. The fourth-order valence-electron chi connectivity index (χ4n) is 2.43. The molecule has 0 heterocycles. The fourth-order valence-corrected chi connectivity index (χ4v) is 2.56. The van der Waals surface area contributed by atoms with Crippen LogP contribution in [0.25, 0.3) is 0 Å². The Bertz CT molecular complexity index is 611. The van der Waals surface area contributed by atoms with E-state index in [1.54, 1.807) is 0 Å². The van der Waals surface area contributed by atoms with E-state index in [0.29, 0.717) is 11.4 Å². The van der Waals surface area contributed by atoms with E-state index in [9.17, 15) is 4.79 Å². The minimum absolute atomic E-state index is 0.00845. The molecule has 0 aromatic heterocycles. The second-order valence-corrected chi connectivity index (χ2v) is 6.36. The van der Waals surface area contributed by atoms with E-state index in [1.807, 2.05) is 68.7 Å². The molecule has 0 spiro atoms. The molecule has 0 saturated carbocycles. The number of amides is 1. The van der Waals surface area contributed by atoms with Crippen LogP contribution in [-0.2, 0) is 11.2 Å². The Morgan fingerprint density at radius 3 is 2.35 bits per heavy atom. The highest BCUT2D eigenvalue weighted by molar-refractivity contribution is 6.30. The van der Waals surface area contributed by atoms with E-state index in [4.69, 9.17) is 11.6 Å². The summed E-state index contributed by atoms with van der Waals surface area (Å²) in [6.07, 6.45) is 1.25. The Morgan fingerprint density at radius 2 is 1.74 bits per heavy atom. The molecule has 0 fully saturated rings. The average Bonchev–Trinajstić information content (AvgIpc) is 2.53. The first-order valence-corrected chi connectivity index (χ1v) is 8.16. The predicted octanol–water partition coefficient (Wildman–Crippen LogP) is 3.69. The van der Waals surface area contributed by atoms with Gasteiger partial charge in [-0.25, -0.2) is 0 Å². The summed E-state index contributed by atoms with van der Waals surface area (Å²) >= 11 is 5.96. The summed E-state index contributed by atoms with van der Waals surface area (Å²) in [5.74, 6) is 0.0370. The standard InChI is InChI=1S/C19H23ClN2O/c1-22(2)13-12-18(16-8-10-17(20)11-9-16)21-19(23)14-15-6-4-3-5-7-15/h3-11,18H,12-14H2,1-2H3,(H,21,23). The summed E-state index contributed by atoms with van der Waals surface area (Å²) in [5.41, 5.74) is 2.10. The van der Waals surface area contributed by atoms with Crippen molar-refractivity contribution >= 4 is 17.5 Å². The number of carbonyl (C=O) groups excluding carboxylic acids is 1. The monoisotopic (exact) mass is 330 g/mol. The third kappa shape index (κ3) is 6.05. The highest BCUT2D eigenvalue weighted by atomic mass is 35.5. The number of hydrogen-bond donors (Lipinski definition) is 1. The van der Waals surface area contributed by atoms with Gasteiger partial charge in [0, 0.05) is 5.02 Å². The fraction of sp³-hybridized carbons (Fsp3) is 0.316. The van der Waals surface area contributed by atoms with Crippen molar-refractivity contribution in [2.24, 2.45) is 0 Å². The topological polar surface area (TPSA) is 32.3 Å². The van der Waals surface area contributed by atoms with Crippen molar-refractivity contribution in [2.75, 3.05) is 20.6 Å². The van der Waals surface area contributed by atoms with E-state index in [0.717, 1.165) is 24.1 Å². The first-order chi connectivity index (χ1) is 11.0. The molecule has 2 aromatic carbocycles. The number of hydrogen-bond acceptors (Lipinski definition) is 2. The van der Waals surface area contributed by atoms with E-state index in [2.05, 4.69) is 10.2 Å². The van der Waals surface area contributed by atoms with Gasteiger partial charge in [-0.15, -0.1) is 0 Å². The molecular weight excluding hydrogens is 308 g/mol. The molecule has 2 aromatic rings. The maximum atomic E-state index is 12.4. The second-order valence-electron chi connectivity index (χ2n) is 5.93. The van der Waals surface area contributed by atoms with Crippen LogP contribution in [0.4, 0.5) is 0 Å². The highest BCUT2D eigenvalue weighted by Crippen LogP contribution is 2.20. The van der Waals surface area contributed by atoms with Crippen molar-refractivity contribution in [3.8, 4) is 0 Å². The molecule has 2 rings (SSSR count). The van der Waals surface area contributed by atoms with E-state index in [-0.39, 0.29) is 11.9 Å². The van der Waals surface area contributed by atoms with Crippen LogP contribution in [0, 0.1) is 0 Å². The molecule has 4 heteroatoms. The van der Waals surface area contributed by atoms with Crippen molar-refractivity contribution < 1.29 is 4.79 Å². The molecule has 0 aliphatic rings. The molecule has 1 N–H and O–H groups in total. The zero-order valence-electron chi connectivity index (χ0n) is 13.6. The van der Waals surface area contributed by atoms with E-state index >= 15 is 0 Å². The first-order valence-electron chi connectivity index (χ1n) is 7.78. The first kappa shape index (κ1) is 17.5. The summed E-state index contributed by atoms with van der Waals surface area (Å²) in [6.45, 7) is 0.902. The summed E-state index contributed by atoms with van der Waals surface area (Å²) in [4.78, 5) is 14.5. The number of halogens is 1. The minimum atomic E-state index is -0.00845. The molecule has 0 aliphatic carbocycles. The van der Waals surface area contributed by atoms with Gasteiger partial charge in [0.15, 0.2) is 0 Å². The van der Waals surface area contributed by atoms with Crippen molar-refractivity contribution in [3.05, 3.63) is 70.7 Å². The molecule has 0 saturated heterocycles. The number of rotatable bonds is 7. The number of benzene rings is 2. The normalized spacial score (nSPS) is 12.2. The molecule has 23 heavy (non-hydrogen) atoms. The van der Waals surface area contributed by atoms with Gasteiger partial charge in [0.2, 0.25) is 5.91 Å². The molecule has 3 nitrogen and oxygen atoms in total. The lowest BCUT2D eigenvalue weighted by Gasteiger charge is -2.21. The average molecular weight is 331 g/mol. The Morgan fingerprint density at radius 1 is 1.09 bits per heavy atom. The van der Waals surface area contributed by atoms with Crippen LogP contribution in [0.1, 0.15) is 23.6 Å². The molecule has 1 amide bonds. The number of carbonyl (C=O) groups is 1. The third-order valence-electron chi connectivity index (χ3n) is 3.68. The van der Waals surface area contributed by atoms with Crippen molar-refractivity contribution in [1.82, 2.24) is 10.2 Å². The molecule has 1 unspecified atom stereocenters. The SMILES string of the molecule is CN(C)CCC(NC(=O)Cc1ccccc1)c1ccc(Cl)cc1. The Hall–Kier alpha value is -1.84. The highest BCUT2D eigenvalue weighted by Gasteiger charge is 2.15. The van der Waals surface area contributed by atoms with Crippen LogP contribution < -0.4 is 5.32 Å². The molecule has 0 bridgehead atoms. The van der Waals surface area contributed by atoms with Gasteiger partial charge in [-0.05, 0) is 50.3 Å². The second kappa shape index (κ2) is 8.70. The Balaban J connectivity index is 2.04. The lowest BCUT2D eigenvalue weighted by molar-refractivity contribution is -0.121. The lowest BCUT2D eigenvalue weighted by Crippen LogP contribution is -2.32. The van der Waals surface area contributed by atoms with Crippen molar-refractivity contribution in [3.63, 3.8) is 0 Å².